The summed E-state index contributed by atoms with van der Waals surface area (Å²) in [4.78, 5) is 21.9. The van der Waals surface area contributed by atoms with Gasteiger partial charge in [0.2, 0.25) is 0 Å². The van der Waals surface area contributed by atoms with Crippen LogP contribution in [0, 0.1) is 0 Å². The fraction of sp³-hybridized carbons (Fsp3) is 0.333. The molecule has 3 heterocycles. The maximum absolute atomic E-state index is 13.7. The Balaban J connectivity index is 1.74. The molecule has 2 N–H and O–H groups in total. The highest BCUT2D eigenvalue weighted by Gasteiger charge is 2.40. The van der Waals surface area contributed by atoms with Gasteiger partial charge >= 0.3 is 7.05 Å². The summed E-state index contributed by atoms with van der Waals surface area (Å²) in [5, 5.41) is 21.1. The third-order valence-electron chi connectivity index (χ3n) is 6.24. The fourth-order valence-electron chi connectivity index (χ4n) is 4.62. The minimum absolute atomic E-state index is 0.0451. The molecule has 5 rings (SSSR count). The molecule has 2 aliphatic heterocycles. The second-order valence-electron chi connectivity index (χ2n) is 8.17. The summed E-state index contributed by atoms with van der Waals surface area (Å²) >= 11 is 13.3. The molecule has 166 valence electrons. The third-order valence-corrected chi connectivity index (χ3v) is 6.91. The summed E-state index contributed by atoms with van der Waals surface area (Å²) in [5.41, 5.74) is 2.11. The summed E-state index contributed by atoms with van der Waals surface area (Å²) in [7, 11) is 1.18. The molecule has 2 aromatic carbocycles. The smallest absolute Gasteiger partial charge is 0.376 e. The number of phenols is 1. The molecule has 32 heavy (non-hydrogen) atoms. The first-order valence-electron chi connectivity index (χ1n) is 10.3. The molecule has 1 aromatic heterocycles. The first kappa shape index (κ1) is 21.4. The zero-order chi connectivity index (χ0) is 22.7. The number of fused-ring (bicyclic) bond motifs is 4. The maximum Gasteiger partial charge on any atom is 0.376 e. The minimum Gasteiger partial charge on any atom is -0.507 e. The quantitative estimate of drug-likeness (QED) is 0.555. The Morgan fingerprint density at radius 2 is 2.00 bits per heavy atom. The highest BCUT2D eigenvalue weighted by atomic mass is 35.5. The first-order chi connectivity index (χ1) is 15.3. The lowest BCUT2D eigenvalue weighted by molar-refractivity contribution is 0.0498. The number of hydrogen-bond donors (Lipinski definition) is 2. The van der Waals surface area contributed by atoms with Crippen molar-refractivity contribution < 1.29 is 19.7 Å². The standard InChI is InChI=1S/C21H21BCl2N4O4/c1-22(31)27-6-7-28-11(8-27)9-32-20-16(21(28)30)19-18(25-10-26(19)2)15(17(20)24)14-12(23)4-3-5-13(14)29/h3-5,10-11,29,31H,6-9H2,1-2H3/t11-/m1/s1. The van der Waals surface area contributed by atoms with Crippen molar-refractivity contribution in [2.45, 2.75) is 12.9 Å². The monoisotopic (exact) mass is 474 g/mol. The average Bonchev–Trinajstić information content (AvgIpc) is 3.06. The van der Waals surface area contributed by atoms with E-state index in [4.69, 9.17) is 27.9 Å². The zero-order valence-corrected chi connectivity index (χ0v) is 19.1. The molecule has 1 saturated heterocycles. The molecule has 0 spiro atoms. The first-order valence-corrected chi connectivity index (χ1v) is 11.0. The van der Waals surface area contributed by atoms with Gasteiger partial charge in [-0.05, 0) is 19.0 Å². The Morgan fingerprint density at radius 3 is 2.72 bits per heavy atom. The van der Waals surface area contributed by atoms with Gasteiger partial charge in [0.25, 0.3) is 5.91 Å². The van der Waals surface area contributed by atoms with Crippen LogP contribution in [0.4, 0.5) is 0 Å². The maximum atomic E-state index is 13.7. The van der Waals surface area contributed by atoms with Crippen LogP contribution in [-0.4, -0.2) is 74.6 Å². The van der Waals surface area contributed by atoms with Crippen LogP contribution in [0.25, 0.3) is 22.2 Å². The van der Waals surface area contributed by atoms with Gasteiger partial charge in [-0.25, -0.2) is 4.98 Å². The van der Waals surface area contributed by atoms with Crippen molar-refractivity contribution in [3.63, 3.8) is 0 Å². The van der Waals surface area contributed by atoms with E-state index in [9.17, 15) is 14.9 Å². The highest BCUT2D eigenvalue weighted by Crippen LogP contribution is 2.49. The Morgan fingerprint density at radius 1 is 1.22 bits per heavy atom. The van der Waals surface area contributed by atoms with Crippen LogP contribution >= 0.6 is 23.2 Å². The van der Waals surface area contributed by atoms with Crippen LogP contribution in [0.15, 0.2) is 24.5 Å². The number of carbonyl (C=O) groups is 1. The van der Waals surface area contributed by atoms with Gasteiger partial charge < -0.3 is 29.1 Å². The molecular formula is C21H21BCl2N4O4. The van der Waals surface area contributed by atoms with E-state index in [0.717, 1.165) is 0 Å². The third kappa shape index (κ3) is 3.15. The molecule has 0 aliphatic carbocycles. The van der Waals surface area contributed by atoms with Crippen LogP contribution in [0.3, 0.4) is 0 Å². The van der Waals surface area contributed by atoms with Gasteiger partial charge in [-0.2, -0.15) is 0 Å². The number of aromatic nitrogens is 2. The molecule has 2 aliphatic rings. The number of carbonyl (C=O) groups excluding carboxylic acids is 1. The van der Waals surface area contributed by atoms with Crippen molar-refractivity contribution in [3.8, 4) is 22.6 Å². The van der Waals surface area contributed by atoms with E-state index >= 15 is 0 Å². The van der Waals surface area contributed by atoms with Gasteiger partial charge in [-0.3, -0.25) is 4.79 Å². The molecule has 8 nitrogen and oxygen atoms in total. The van der Waals surface area contributed by atoms with E-state index < -0.39 is 7.05 Å². The van der Waals surface area contributed by atoms with Crippen molar-refractivity contribution >= 4 is 47.2 Å². The molecular weight excluding hydrogens is 454 g/mol. The Labute approximate surface area is 195 Å². The van der Waals surface area contributed by atoms with E-state index in [1.807, 2.05) is 4.81 Å². The van der Waals surface area contributed by atoms with E-state index in [2.05, 4.69) is 4.98 Å². The van der Waals surface area contributed by atoms with Crippen LogP contribution in [0.1, 0.15) is 10.4 Å². The summed E-state index contributed by atoms with van der Waals surface area (Å²) in [5.74, 6) is 0.00880. The van der Waals surface area contributed by atoms with Crippen molar-refractivity contribution in [1.82, 2.24) is 19.3 Å². The number of piperazine rings is 1. The van der Waals surface area contributed by atoms with E-state index in [0.29, 0.717) is 52.4 Å². The second-order valence-corrected chi connectivity index (χ2v) is 8.96. The zero-order valence-electron chi connectivity index (χ0n) is 17.5. The number of amides is 1. The van der Waals surface area contributed by atoms with Gasteiger partial charge in [-0.1, -0.05) is 29.3 Å². The number of rotatable bonds is 2. The van der Waals surface area contributed by atoms with E-state index in [-0.39, 0.29) is 35.1 Å². The number of aryl methyl sites for hydroxylation is 1. The van der Waals surface area contributed by atoms with Crippen LogP contribution in [-0.2, 0) is 7.05 Å². The average molecular weight is 475 g/mol. The minimum atomic E-state index is -0.611. The number of halogens is 2. The van der Waals surface area contributed by atoms with Crippen molar-refractivity contribution in [3.05, 3.63) is 40.1 Å². The van der Waals surface area contributed by atoms with Gasteiger partial charge in [0.15, 0.2) is 5.75 Å². The number of benzene rings is 2. The normalized spacial score (nSPS) is 18.8. The fourth-order valence-corrected chi connectivity index (χ4v) is 5.21. The summed E-state index contributed by atoms with van der Waals surface area (Å²) < 4.78 is 7.90. The Bertz CT molecular complexity index is 1230. The SMILES string of the molecule is CB(O)N1CCN2C(=O)c3c(c(Cl)c(-c4c(O)cccc4Cl)c4ncn(C)c34)OC[C@H]2C1. The van der Waals surface area contributed by atoms with Gasteiger partial charge in [0.05, 0.1) is 33.4 Å². The number of aromatic hydroxyl groups is 1. The van der Waals surface area contributed by atoms with Crippen LogP contribution in [0.2, 0.25) is 16.9 Å². The van der Waals surface area contributed by atoms with Crippen molar-refractivity contribution in [2.75, 3.05) is 26.2 Å². The number of nitrogens with zero attached hydrogens (tertiary/aromatic N) is 4. The lowest BCUT2D eigenvalue weighted by Gasteiger charge is -2.40. The van der Waals surface area contributed by atoms with Gasteiger partial charge in [0, 0.05) is 37.8 Å². The molecule has 0 unspecified atom stereocenters. The molecule has 1 atom stereocenters. The van der Waals surface area contributed by atoms with Crippen molar-refractivity contribution in [2.24, 2.45) is 7.05 Å². The molecule has 0 bridgehead atoms. The second kappa shape index (κ2) is 7.84. The van der Waals surface area contributed by atoms with Crippen LogP contribution in [0.5, 0.6) is 11.5 Å². The molecule has 11 heteroatoms. The summed E-state index contributed by atoms with van der Waals surface area (Å²) in [6.07, 6.45) is 1.60. The summed E-state index contributed by atoms with van der Waals surface area (Å²) in [6, 6.07) is 4.58. The number of imidazole rings is 1. The van der Waals surface area contributed by atoms with E-state index in [1.54, 1.807) is 41.8 Å². The molecule has 3 aromatic rings. The predicted molar refractivity (Wildman–Crippen MR) is 124 cm³/mol. The van der Waals surface area contributed by atoms with Gasteiger partial charge in [0.1, 0.15) is 17.9 Å². The number of phenolic OH excluding ortho intramolecular Hbond substituents is 1. The lowest BCUT2D eigenvalue weighted by Crippen LogP contribution is -2.59. The summed E-state index contributed by atoms with van der Waals surface area (Å²) in [6.45, 7) is 3.44. The van der Waals surface area contributed by atoms with E-state index in [1.165, 1.54) is 6.07 Å². The molecule has 1 fully saturated rings. The number of ether oxygens (including phenoxy) is 1. The topological polar surface area (TPSA) is 91.1 Å². The molecule has 0 saturated carbocycles. The lowest BCUT2D eigenvalue weighted by atomic mass is 9.83. The Kier molecular flexibility index (Phi) is 5.24. The largest absolute Gasteiger partial charge is 0.507 e. The molecule has 1 amide bonds. The Hall–Kier alpha value is -2.46. The van der Waals surface area contributed by atoms with Gasteiger partial charge in [-0.15, -0.1) is 0 Å². The highest BCUT2D eigenvalue weighted by molar-refractivity contribution is 6.45. The predicted octanol–water partition coefficient (Wildman–Crippen LogP) is 2.88. The molecule has 0 radical (unpaired) electrons. The van der Waals surface area contributed by atoms with Crippen molar-refractivity contribution in [1.29, 1.82) is 0 Å². The number of hydrogen-bond acceptors (Lipinski definition) is 6. The van der Waals surface area contributed by atoms with Crippen LogP contribution < -0.4 is 4.74 Å².